The molecular weight excluding hydrogens is 324 g/mol. The van der Waals surface area contributed by atoms with Crippen LogP contribution in [-0.2, 0) is 17.8 Å². The van der Waals surface area contributed by atoms with Gasteiger partial charge in [0.25, 0.3) is 0 Å². The number of ether oxygens (including phenoxy) is 2. The maximum atomic E-state index is 12.6. The molecule has 1 amide bonds. The molecule has 0 radical (unpaired) electrons. The van der Waals surface area contributed by atoms with Crippen LogP contribution >= 0.6 is 11.3 Å². The Labute approximate surface area is 146 Å². The lowest BCUT2D eigenvalue weighted by Crippen LogP contribution is -2.44. The first-order valence-electron chi connectivity index (χ1n) is 7.94. The Bertz CT molecular complexity index is 729. The number of anilines is 1. The van der Waals surface area contributed by atoms with Crippen LogP contribution < -0.4 is 14.8 Å². The molecule has 3 rings (SSSR count). The molecule has 128 valence electrons. The molecule has 0 saturated heterocycles. The second-order valence-electron chi connectivity index (χ2n) is 5.82. The van der Waals surface area contributed by atoms with Gasteiger partial charge in [0.2, 0.25) is 5.91 Å². The highest BCUT2D eigenvalue weighted by Gasteiger charge is 2.26. The van der Waals surface area contributed by atoms with E-state index in [-0.39, 0.29) is 11.9 Å². The van der Waals surface area contributed by atoms with Crippen LogP contribution in [0.2, 0.25) is 0 Å². The van der Waals surface area contributed by atoms with E-state index in [1.807, 2.05) is 13.0 Å². The smallest absolute Gasteiger partial charge is 0.241 e. The van der Waals surface area contributed by atoms with Gasteiger partial charge >= 0.3 is 0 Å². The van der Waals surface area contributed by atoms with Crippen LogP contribution in [0.1, 0.15) is 17.4 Å². The summed E-state index contributed by atoms with van der Waals surface area (Å²) in [5, 5.41) is 5.10. The molecule has 1 aliphatic heterocycles. The molecule has 1 unspecified atom stereocenters. The molecule has 0 fully saturated rings. The minimum absolute atomic E-state index is 0.0131. The molecule has 1 aliphatic rings. The third kappa shape index (κ3) is 3.39. The molecule has 0 saturated carbocycles. The third-order valence-electron chi connectivity index (χ3n) is 4.42. The number of fused-ring (bicyclic) bond motifs is 1. The molecule has 2 aromatic rings. The fraction of sp³-hybridized carbons (Fsp3) is 0.389. The van der Waals surface area contributed by atoms with Crippen molar-refractivity contribution in [2.24, 2.45) is 0 Å². The van der Waals surface area contributed by atoms with Crippen LogP contribution in [-0.4, -0.2) is 37.6 Å². The molecule has 1 aromatic carbocycles. The maximum Gasteiger partial charge on any atom is 0.241 e. The van der Waals surface area contributed by atoms with Gasteiger partial charge in [-0.3, -0.25) is 9.69 Å². The minimum Gasteiger partial charge on any atom is -0.493 e. The van der Waals surface area contributed by atoms with Crippen molar-refractivity contribution in [3.63, 3.8) is 0 Å². The second-order valence-corrected chi connectivity index (χ2v) is 6.83. The van der Waals surface area contributed by atoms with E-state index in [0.717, 1.165) is 19.5 Å². The van der Waals surface area contributed by atoms with Crippen molar-refractivity contribution >= 4 is 22.9 Å². The predicted octanol–water partition coefficient (Wildman–Crippen LogP) is 3.15. The number of benzene rings is 1. The van der Waals surface area contributed by atoms with Gasteiger partial charge in [-0.1, -0.05) is 0 Å². The predicted molar refractivity (Wildman–Crippen MR) is 96.1 cm³/mol. The largest absolute Gasteiger partial charge is 0.493 e. The first-order chi connectivity index (χ1) is 11.6. The van der Waals surface area contributed by atoms with E-state index in [1.54, 1.807) is 37.7 Å². The summed E-state index contributed by atoms with van der Waals surface area (Å²) < 4.78 is 10.5. The lowest BCUT2D eigenvalue weighted by molar-refractivity contribution is -0.121. The highest BCUT2D eigenvalue weighted by molar-refractivity contribution is 7.10. The molecule has 2 heterocycles. The van der Waals surface area contributed by atoms with Crippen molar-refractivity contribution in [2.45, 2.75) is 25.9 Å². The van der Waals surface area contributed by atoms with Crippen LogP contribution in [0.3, 0.4) is 0 Å². The van der Waals surface area contributed by atoms with E-state index >= 15 is 0 Å². The standard InChI is InChI=1S/C18H22N2O3S/c1-12(20-8-6-17-13(11-20)7-9-24-17)18(21)19-14-4-5-15(22-2)16(10-14)23-3/h4-5,7,9-10,12H,6,8,11H2,1-3H3,(H,19,21). The van der Waals surface area contributed by atoms with Gasteiger partial charge in [-0.25, -0.2) is 0 Å². The first kappa shape index (κ1) is 16.8. The molecule has 1 aromatic heterocycles. The van der Waals surface area contributed by atoms with Gasteiger partial charge in [0.15, 0.2) is 11.5 Å². The lowest BCUT2D eigenvalue weighted by Gasteiger charge is -2.31. The zero-order valence-electron chi connectivity index (χ0n) is 14.2. The highest BCUT2D eigenvalue weighted by Crippen LogP contribution is 2.30. The van der Waals surface area contributed by atoms with E-state index in [0.29, 0.717) is 17.2 Å². The van der Waals surface area contributed by atoms with Gasteiger partial charge in [-0.15, -0.1) is 11.3 Å². The normalized spacial score (nSPS) is 15.5. The van der Waals surface area contributed by atoms with Crippen LogP contribution in [0.5, 0.6) is 11.5 Å². The quantitative estimate of drug-likeness (QED) is 0.904. The fourth-order valence-electron chi connectivity index (χ4n) is 2.93. The average Bonchev–Trinajstić information content (AvgIpc) is 3.08. The van der Waals surface area contributed by atoms with Crippen molar-refractivity contribution in [1.82, 2.24) is 4.90 Å². The Hall–Kier alpha value is -2.05. The molecule has 0 spiro atoms. The van der Waals surface area contributed by atoms with Crippen LogP contribution in [0.4, 0.5) is 5.69 Å². The summed E-state index contributed by atoms with van der Waals surface area (Å²) in [5.41, 5.74) is 2.05. The van der Waals surface area contributed by atoms with Gasteiger partial charge in [-0.2, -0.15) is 0 Å². The van der Waals surface area contributed by atoms with E-state index < -0.39 is 0 Å². The number of methoxy groups -OCH3 is 2. The molecule has 24 heavy (non-hydrogen) atoms. The van der Waals surface area contributed by atoms with Gasteiger partial charge in [0.1, 0.15) is 0 Å². The zero-order valence-corrected chi connectivity index (χ0v) is 15.0. The number of nitrogens with zero attached hydrogens (tertiary/aromatic N) is 1. The Morgan fingerprint density at radius 2 is 2.04 bits per heavy atom. The molecule has 1 N–H and O–H groups in total. The lowest BCUT2D eigenvalue weighted by atomic mass is 10.1. The van der Waals surface area contributed by atoms with Gasteiger partial charge < -0.3 is 14.8 Å². The first-order valence-corrected chi connectivity index (χ1v) is 8.82. The molecule has 0 bridgehead atoms. The summed E-state index contributed by atoms with van der Waals surface area (Å²) in [7, 11) is 3.17. The van der Waals surface area contributed by atoms with Crippen molar-refractivity contribution < 1.29 is 14.3 Å². The maximum absolute atomic E-state index is 12.6. The number of carbonyl (C=O) groups excluding carboxylic acids is 1. The van der Waals surface area contributed by atoms with Crippen LogP contribution in [0, 0.1) is 0 Å². The Morgan fingerprint density at radius 1 is 1.25 bits per heavy atom. The molecule has 0 aliphatic carbocycles. The van der Waals surface area contributed by atoms with Crippen molar-refractivity contribution in [3.8, 4) is 11.5 Å². The molecule has 1 atom stereocenters. The highest BCUT2D eigenvalue weighted by atomic mass is 32.1. The minimum atomic E-state index is -0.189. The Kier molecular flexibility index (Phi) is 5.06. The van der Waals surface area contributed by atoms with E-state index in [9.17, 15) is 4.79 Å². The number of hydrogen-bond acceptors (Lipinski definition) is 5. The zero-order chi connectivity index (χ0) is 17.1. The number of carbonyl (C=O) groups is 1. The van der Waals surface area contributed by atoms with Crippen molar-refractivity contribution in [3.05, 3.63) is 40.1 Å². The summed E-state index contributed by atoms with van der Waals surface area (Å²) in [6.45, 7) is 3.70. The van der Waals surface area contributed by atoms with Crippen molar-refractivity contribution in [1.29, 1.82) is 0 Å². The van der Waals surface area contributed by atoms with Crippen LogP contribution in [0.15, 0.2) is 29.6 Å². The van der Waals surface area contributed by atoms with E-state index in [1.165, 1.54) is 10.4 Å². The van der Waals surface area contributed by atoms with Gasteiger partial charge in [0.05, 0.1) is 20.3 Å². The summed E-state index contributed by atoms with van der Waals surface area (Å²) in [5.74, 6) is 1.23. The summed E-state index contributed by atoms with van der Waals surface area (Å²) in [6, 6.07) is 7.35. The Morgan fingerprint density at radius 3 is 2.79 bits per heavy atom. The van der Waals surface area contributed by atoms with Crippen molar-refractivity contribution in [2.75, 3.05) is 26.1 Å². The summed E-state index contributed by atoms with van der Waals surface area (Å²) in [6.07, 6.45) is 1.01. The monoisotopic (exact) mass is 346 g/mol. The number of hydrogen-bond donors (Lipinski definition) is 1. The second kappa shape index (κ2) is 7.23. The van der Waals surface area contributed by atoms with Crippen LogP contribution in [0.25, 0.3) is 0 Å². The third-order valence-corrected chi connectivity index (χ3v) is 5.44. The van der Waals surface area contributed by atoms with E-state index in [4.69, 9.17) is 9.47 Å². The number of thiophene rings is 1. The average molecular weight is 346 g/mol. The Balaban J connectivity index is 1.66. The number of rotatable bonds is 5. The SMILES string of the molecule is COc1ccc(NC(=O)C(C)N2CCc3sccc3C2)cc1OC. The molecule has 5 nitrogen and oxygen atoms in total. The van der Waals surface area contributed by atoms with E-state index in [2.05, 4.69) is 21.7 Å². The topological polar surface area (TPSA) is 50.8 Å². The summed E-state index contributed by atoms with van der Waals surface area (Å²) >= 11 is 1.80. The van der Waals surface area contributed by atoms with Gasteiger partial charge in [-0.05, 0) is 42.5 Å². The number of amides is 1. The summed E-state index contributed by atoms with van der Waals surface area (Å²) in [4.78, 5) is 16.3. The van der Waals surface area contributed by atoms with Gasteiger partial charge in [0, 0.05) is 29.7 Å². The number of nitrogens with one attached hydrogen (secondary N) is 1. The molecular formula is C18H22N2O3S. The molecule has 6 heteroatoms. The fourth-order valence-corrected chi connectivity index (χ4v) is 3.82.